The molecule has 0 bridgehead atoms. The second-order valence-electron chi connectivity index (χ2n) is 9.35. The van der Waals surface area contributed by atoms with Gasteiger partial charge >= 0.3 is 0 Å². The molecule has 1 saturated heterocycles. The molecule has 4 rings (SSSR count). The predicted octanol–water partition coefficient (Wildman–Crippen LogP) is 7.00. The van der Waals surface area contributed by atoms with Crippen molar-refractivity contribution in [3.8, 4) is 0 Å². The van der Waals surface area contributed by atoms with Gasteiger partial charge in [0, 0.05) is 22.8 Å². The molecule has 0 saturated carbocycles. The number of hydrogen-bond donors (Lipinski definition) is 0. The van der Waals surface area contributed by atoms with Gasteiger partial charge in [0.15, 0.2) is 0 Å². The van der Waals surface area contributed by atoms with Crippen molar-refractivity contribution >= 4 is 46.3 Å². The Hall–Kier alpha value is -2.24. The molecular formula is C26H29ClN2O2S. The zero-order chi connectivity index (χ0) is 23.2. The maximum atomic E-state index is 13.0. The molecule has 1 atom stereocenters. The molecule has 0 radical (unpaired) electrons. The van der Waals surface area contributed by atoms with Crippen LogP contribution in [0.1, 0.15) is 62.3 Å². The van der Waals surface area contributed by atoms with Gasteiger partial charge in [-0.3, -0.25) is 14.5 Å². The van der Waals surface area contributed by atoms with Gasteiger partial charge in [0.1, 0.15) is 0 Å². The first-order valence-electron chi connectivity index (χ1n) is 11.0. The lowest BCUT2D eigenvalue weighted by Gasteiger charge is -2.47. The van der Waals surface area contributed by atoms with E-state index < -0.39 is 0 Å². The van der Waals surface area contributed by atoms with E-state index in [9.17, 15) is 9.59 Å². The van der Waals surface area contributed by atoms with E-state index in [0.29, 0.717) is 15.8 Å². The summed E-state index contributed by atoms with van der Waals surface area (Å²) in [6, 6.07) is 12.0. The van der Waals surface area contributed by atoms with Crippen molar-refractivity contribution in [2.24, 2.45) is 0 Å². The van der Waals surface area contributed by atoms with Gasteiger partial charge in [-0.25, -0.2) is 0 Å². The summed E-state index contributed by atoms with van der Waals surface area (Å²) < 4.78 is 0. The Bertz CT molecular complexity index is 1120. The highest BCUT2D eigenvalue weighted by Gasteiger charge is 2.37. The van der Waals surface area contributed by atoms with Crippen molar-refractivity contribution in [2.75, 3.05) is 11.4 Å². The monoisotopic (exact) mass is 468 g/mol. The summed E-state index contributed by atoms with van der Waals surface area (Å²) in [4.78, 5) is 29.7. The minimum atomic E-state index is -0.264. The Morgan fingerprint density at radius 1 is 1.22 bits per heavy atom. The molecule has 1 unspecified atom stereocenters. The minimum Gasteiger partial charge on any atom is -0.366 e. The average Bonchev–Trinajstić information content (AvgIpc) is 2.96. The van der Waals surface area contributed by atoms with E-state index in [4.69, 9.17) is 11.6 Å². The maximum absolute atomic E-state index is 13.0. The van der Waals surface area contributed by atoms with Gasteiger partial charge < -0.3 is 4.90 Å². The molecule has 2 aliphatic rings. The fourth-order valence-electron chi connectivity index (χ4n) is 5.00. The van der Waals surface area contributed by atoms with Crippen molar-refractivity contribution < 1.29 is 9.59 Å². The summed E-state index contributed by atoms with van der Waals surface area (Å²) in [7, 11) is 0. The van der Waals surface area contributed by atoms with Crippen molar-refractivity contribution in [3.05, 3.63) is 68.6 Å². The Balaban J connectivity index is 1.65. The van der Waals surface area contributed by atoms with E-state index in [2.05, 4.69) is 38.7 Å². The molecule has 0 spiro atoms. The van der Waals surface area contributed by atoms with E-state index in [1.165, 1.54) is 10.5 Å². The number of halogens is 1. The Labute approximate surface area is 199 Å². The Morgan fingerprint density at radius 2 is 1.97 bits per heavy atom. The molecular weight excluding hydrogens is 440 g/mol. The van der Waals surface area contributed by atoms with Crippen LogP contribution in [0.2, 0.25) is 5.02 Å². The van der Waals surface area contributed by atoms with Crippen molar-refractivity contribution in [1.29, 1.82) is 0 Å². The standard InChI is InChI=1S/C26H29ClN2O2S/c1-6-29-22-13-21(27)19(11-20(22)17(3)14-26(29,4)5)12-23-24(30)28(25(31)32-23)15-18-9-7-8-16(2)10-18/h7-13,17H,6,14-15H2,1-5H3/b23-12+. The largest absolute Gasteiger partial charge is 0.366 e. The molecule has 2 aliphatic heterocycles. The molecule has 1 fully saturated rings. The summed E-state index contributed by atoms with van der Waals surface area (Å²) in [6.07, 6.45) is 2.81. The van der Waals surface area contributed by atoms with Crippen molar-refractivity contribution in [1.82, 2.24) is 4.90 Å². The lowest BCUT2D eigenvalue weighted by Crippen LogP contribution is -2.48. The number of thioether (sulfide) groups is 1. The molecule has 168 valence electrons. The third-order valence-electron chi connectivity index (χ3n) is 6.40. The first kappa shape index (κ1) is 22.9. The molecule has 2 amide bonds. The number of nitrogens with zero attached hydrogens (tertiary/aromatic N) is 2. The highest BCUT2D eigenvalue weighted by molar-refractivity contribution is 8.18. The van der Waals surface area contributed by atoms with Gasteiger partial charge in [-0.2, -0.15) is 0 Å². The van der Waals surface area contributed by atoms with Crippen LogP contribution in [0, 0.1) is 6.92 Å². The van der Waals surface area contributed by atoms with Crippen LogP contribution in [0.4, 0.5) is 10.5 Å². The molecule has 2 heterocycles. The summed E-state index contributed by atoms with van der Waals surface area (Å²) in [5.74, 6) is 0.114. The smallest absolute Gasteiger partial charge is 0.293 e. The fraction of sp³-hybridized carbons (Fsp3) is 0.385. The van der Waals surface area contributed by atoms with Gasteiger partial charge in [0.2, 0.25) is 0 Å². The lowest BCUT2D eigenvalue weighted by molar-refractivity contribution is -0.123. The number of benzene rings is 2. The molecule has 6 heteroatoms. The normalized spacial score (nSPS) is 21.4. The second kappa shape index (κ2) is 8.60. The van der Waals surface area contributed by atoms with Crippen LogP contribution in [0.5, 0.6) is 0 Å². The van der Waals surface area contributed by atoms with Crippen molar-refractivity contribution in [3.63, 3.8) is 0 Å². The van der Waals surface area contributed by atoms with E-state index in [0.717, 1.165) is 47.1 Å². The number of anilines is 1. The second-order valence-corrected chi connectivity index (χ2v) is 10.8. The van der Waals surface area contributed by atoms with Crippen LogP contribution >= 0.6 is 23.4 Å². The summed E-state index contributed by atoms with van der Waals surface area (Å²) in [5.41, 5.74) is 5.28. The van der Waals surface area contributed by atoms with E-state index in [1.807, 2.05) is 37.3 Å². The van der Waals surface area contributed by atoms with Crippen LogP contribution < -0.4 is 4.90 Å². The van der Waals surface area contributed by atoms with Gasteiger partial charge in [0.05, 0.1) is 11.4 Å². The molecule has 32 heavy (non-hydrogen) atoms. The quantitative estimate of drug-likeness (QED) is 0.453. The van der Waals surface area contributed by atoms with Crippen LogP contribution in [0.25, 0.3) is 6.08 Å². The van der Waals surface area contributed by atoms with E-state index in [-0.39, 0.29) is 23.2 Å². The van der Waals surface area contributed by atoms with Crippen LogP contribution in [0.15, 0.2) is 41.3 Å². The molecule has 0 aliphatic carbocycles. The highest BCUT2D eigenvalue weighted by Crippen LogP contribution is 2.46. The first-order valence-corrected chi connectivity index (χ1v) is 12.2. The number of imide groups is 1. The zero-order valence-electron chi connectivity index (χ0n) is 19.2. The summed E-state index contributed by atoms with van der Waals surface area (Å²) in [6.45, 7) is 12.1. The van der Waals surface area contributed by atoms with Crippen LogP contribution in [0.3, 0.4) is 0 Å². The van der Waals surface area contributed by atoms with Crippen LogP contribution in [-0.2, 0) is 11.3 Å². The first-order chi connectivity index (χ1) is 15.1. The third-order valence-corrected chi connectivity index (χ3v) is 7.64. The zero-order valence-corrected chi connectivity index (χ0v) is 20.8. The van der Waals surface area contributed by atoms with Gasteiger partial charge in [-0.05, 0) is 86.7 Å². The molecule has 0 aromatic heterocycles. The number of hydrogen-bond acceptors (Lipinski definition) is 4. The molecule has 2 aromatic carbocycles. The van der Waals surface area contributed by atoms with Crippen LogP contribution in [-0.4, -0.2) is 28.1 Å². The van der Waals surface area contributed by atoms with Crippen molar-refractivity contribution in [2.45, 2.75) is 59.0 Å². The number of aryl methyl sites for hydroxylation is 1. The fourth-order valence-corrected chi connectivity index (χ4v) is 6.04. The summed E-state index contributed by atoms with van der Waals surface area (Å²) >= 11 is 7.66. The number of carbonyl (C=O) groups excluding carboxylic acids is 2. The number of rotatable bonds is 4. The molecule has 2 aromatic rings. The number of carbonyl (C=O) groups is 2. The third kappa shape index (κ3) is 4.20. The van der Waals surface area contributed by atoms with Gasteiger partial charge in [-0.15, -0.1) is 0 Å². The maximum Gasteiger partial charge on any atom is 0.293 e. The van der Waals surface area contributed by atoms with Gasteiger partial charge in [-0.1, -0.05) is 48.4 Å². The number of fused-ring (bicyclic) bond motifs is 1. The lowest BCUT2D eigenvalue weighted by atomic mass is 9.79. The summed E-state index contributed by atoms with van der Waals surface area (Å²) in [5, 5.41) is 0.349. The van der Waals surface area contributed by atoms with E-state index >= 15 is 0 Å². The molecule has 0 N–H and O–H groups in total. The SMILES string of the molecule is CCN1c2cc(Cl)c(/C=C3/SC(=O)N(Cc4cccc(C)c4)C3=O)cc2C(C)CC1(C)C. The highest BCUT2D eigenvalue weighted by atomic mass is 35.5. The number of amides is 2. The topological polar surface area (TPSA) is 40.6 Å². The Kier molecular flexibility index (Phi) is 6.17. The Morgan fingerprint density at radius 3 is 2.66 bits per heavy atom. The molecule has 4 nitrogen and oxygen atoms in total. The van der Waals surface area contributed by atoms with E-state index in [1.54, 1.807) is 6.08 Å². The predicted molar refractivity (Wildman–Crippen MR) is 134 cm³/mol. The minimum absolute atomic E-state index is 0.0600. The average molecular weight is 469 g/mol. The van der Waals surface area contributed by atoms with Gasteiger partial charge in [0.25, 0.3) is 11.1 Å².